The van der Waals surface area contributed by atoms with Gasteiger partial charge in [-0.2, -0.15) is 0 Å². The fraction of sp³-hybridized carbons (Fsp3) is 1.00. The second-order valence-electron chi connectivity index (χ2n) is 2.62. The summed E-state index contributed by atoms with van der Waals surface area (Å²) in [6.07, 6.45) is -2.76. The van der Waals surface area contributed by atoms with Crippen molar-refractivity contribution in [2.45, 2.75) is 31.3 Å². The summed E-state index contributed by atoms with van der Waals surface area (Å²) in [6.45, 7) is 1.38. The number of ether oxygens (including phenoxy) is 1. The molecule has 5 heteroatoms. The molecule has 1 aliphatic heterocycles. The van der Waals surface area contributed by atoms with Crippen molar-refractivity contribution in [2.24, 2.45) is 0 Å². The molecule has 5 nitrogen and oxygen atoms in total. The summed E-state index contributed by atoms with van der Waals surface area (Å²) >= 11 is 0. The molecular formula is C6H12O5. The second-order valence-corrected chi connectivity index (χ2v) is 2.62. The molecule has 2 unspecified atom stereocenters. The molecule has 0 saturated carbocycles. The SMILES string of the molecule is C[C@H]1OC(CO)[C@@H](O)C1OO. The van der Waals surface area contributed by atoms with Gasteiger partial charge < -0.3 is 14.9 Å². The van der Waals surface area contributed by atoms with E-state index >= 15 is 0 Å². The molecule has 0 bridgehead atoms. The van der Waals surface area contributed by atoms with Gasteiger partial charge in [-0.25, -0.2) is 4.89 Å². The highest BCUT2D eigenvalue weighted by atomic mass is 17.1. The van der Waals surface area contributed by atoms with Gasteiger partial charge in [0.25, 0.3) is 0 Å². The molecule has 1 saturated heterocycles. The van der Waals surface area contributed by atoms with Gasteiger partial charge in [-0.05, 0) is 6.92 Å². The average Bonchev–Trinajstić information content (AvgIpc) is 2.26. The maximum atomic E-state index is 9.25. The lowest BCUT2D eigenvalue weighted by Gasteiger charge is -2.12. The summed E-state index contributed by atoms with van der Waals surface area (Å²) in [4.78, 5) is 3.98. The van der Waals surface area contributed by atoms with E-state index < -0.39 is 24.4 Å². The maximum absolute atomic E-state index is 9.25. The lowest BCUT2D eigenvalue weighted by atomic mass is 10.1. The minimum absolute atomic E-state index is 0.272. The molecule has 3 N–H and O–H groups in total. The van der Waals surface area contributed by atoms with E-state index in [1.165, 1.54) is 0 Å². The van der Waals surface area contributed by atoms with Crippen LogP contribution in [-0.4, -0.2) is 46.5 Å². The van der Waals surface area contributed by atoms with Crippen molar-refractivity contribution in [3.63, 3.8) is 0 Å². The molecule has 0 radical (unpaired) electrons. The summed E-state index contributed by atoms with van der Waals surface area (Å²) in [5.74, 6) is 0. The number of hydrogen-bond donors (Lipinski definition) is 3. The summed E-state index contributed by atoms with van der Waals surface area (Å²) in [6, 6.07) is 0. The highest BCUT2D eigenvalue weighted by molar-refractivity contribution is 4.88. The quantitative estimate of drug-likeness (QED) is 0.360. The van der Waals surface area contributed by atoms with Crippen molar-refractivity contribution in [1.29, 1.82) is 0 Å². The zero-order valence-corrected chi connectivity index (χ0v) is 6.17. The van der Waals surface area contributed by atoms with E-state index in [-0.39, 0.29) is 6.61 Å². The summed E-state index contributed by atoms with van der Waals surface area (Å²) in [7, 11) is 0. The van der Waals surface area contributed by atoms with E-state index in [0.717, 1.165) is 0 Å². The Morgan fingerprint density at radius 2 is 2.18 bits per heavy atom. The van der Waals surface area contributed by atoms with E-state index in [9.17, 15) is 5.11 Å². The molecule has 66 valence electrons. The minimum Gasteiger partial charge on any atom is -0.394 e. The molecule has 0 spiro atoms. The number of aliphatic hydroxyl groups is 2. The van der Waals surface area contributed by atoms with Crippen LogP contribution in [0.15, 0.2) is 0 Å². The van der Waals surface area contributed by atoms with Gasteiger partial charge in [-0.3, -0.25) is 5.26 Å². The van der Waals surface area contributed by atoms with Crippen molar-refractivity contribution in [2.75, 3.05) is 6.61 Å². The first-order valence-corrected chi connectivity index (χ1v) is 3.45. The van der Waals surface area contributed by atoms with Crippen LogP contribution in [0.3, 0.4) is 0 Å². The Bertz CT molecular complexity index is 128. The van der Waals surface area contributed by atoms with Gasteiger partial charge >= 0.3 is 0 Å². The molecule has 1 heterocycles. The van der Waals surface area contributed by atoms with Crippen LogP contribution in [0, 0.1) is 0 Å². The summed E-state index contributed by atoms with van der Waals surface area (Å²) in [5.41, 5.74) is 0. The van der Waals surface area contributed by atoms with Crippen molar-refractivity contribution in [3.8, 4) is 0 Å². The normalized spacial score (nSPS) is 44.7. The fourth-order valence-corrected chi connectivity index (χ4v) is 1.22. The fourth-order valence-electron chi connectivity index (χ4n) is 1.22. The smallest absolute Gasteiger partial charge is 0.147 e. The highest BCUT2D eigenvalue weighted by Crippen LogP contribution is 2.22. The Balaban J connectivity index is 2.55. The van der Waals surface area contributed by atoms with Gasteiger partial charge in [0, 0.05) is 0 Å². The van der Waals surface area contributed by atoms with Gasteiger partial charge in [0.15, 0.2) is 0 Å². The third-order valence-corrected chi connectivity index (χ3v) is 1.87. The van der Waals surface area contributed by atoms with E-state index in [1.807, 2.05) is 0 Å². The predicted molar refractivity (Wildman–Crippen MR) is 34.9 cm³/mol. The van der Waals surface area contributed by atoms with Crippen LogP contribution >= 0.6 is 0 Å². The molecule has 0 aromatic heterocycles. The first kappa shape index (κ1) is 8.89. The van der Waals surface area contributed by atoms with Crippen molar-refractivity contribution in [3.05, 3.63) is 0 Å². The number of aliphatic hydroxyl groups excluding tert-OH is 2. The van der Waals surface area contributed by atoms with Gasteiger partial charge in [0.2, 0.25) is 0 Å². The van der Waals surface area contributed by atoms with E-state index in [4.69, 9.17) is 15.1 Å². The van der Waals surface area contributed by atoms with Crippen LogP contribution in [0.25, 0.3) is 0 Å². The average molecular weight is 164 g/mol. The molecule has 11 heavy (non-hydrogen) atoms. The largest absolute Gasteiger partial charge is 0.394 e. The highest BCUT2D eigenvalue weighted by Gasteiger charge is 2.42. The Hall–Kier alpha value is -0.200. The van der Waals surface area contributed by atoms with Crippen LogP contribution < -0.4 is 0 Å². The zero-order valence-electron chi connectivity index (χ0n) is 6.17. The van der Waals surface area contributed by atoms with Crippen molar-refractivity contribution in [1.82, 2.24) is 0 Å². The van der Waals surface area contributed by atoms with Gasteiger partial charge in [-0.15, -0.1) is 0 Å². The zero-order chi connectivity index (χ0) is 8.43. The second kappa shape index (κ2) is 3.46. The van der Waals surface area contributed by atoms with Gasteiger partial charge in [0.05, 0.1) is 12.7 Å². The molecule has 1 fully saturated rings. The monoisotopic (exact) mass is 164 g/mol. The van der Waals surface area contributed by atoms with E-state index in [2.05, 4.69) is 4.89 Å². The van der Waals surface area contributed by atoms with Gasteiger partial charge in [-0.1, -0.05) is 0 Å². The van der Waals surface area contributed by atoms with Crippen molar-refractivity contribution >= 4 is 0 Å². The Kier molecular flexibility index (Phi) is 2.80. The first-order chi connectivity index (χ1) is 5.20. The minimum atomic E-state index is -0.958. The molecule has 0 aliphatic carbocycles. The van der Waals surface area contributed by atoms with Crippen LogP contribution in [0.4, 0.5) is 0 Å². The molecule has 1 rings (SSSR count). The lowest BCUT2D eigenvalue weighted by molar-refractivity contribution is -0.297. The molecular weight excluding hydrogens is 152 g/mol. The van der Waals surface area contributed by atoms with E-state index in [0.29, 0.717) is 0 Å². The summed E-state index contributed by atoms with van der Waals surface area (Å²) < 4.78 is 5.04. The first-order valence-electron chi connectivity index (χ1n) is 3.45. The summed E-state index contributed by atoms with van der Waals surface area (Å²) in [5, 5.41) is 26.2. The van der Waals surface area contributed by atoms with E-state index in [1.54, 1.807) is 6.92 Å². The lowest BCUT2D eigenvalue weighted by Crippen LogP contribution is -2.34. The molecule has 0 aromatic rings. The molecule has 4 atom stereocenters. The molecule has 0 aromatic carbocycles. The topological polar surface area (TPSA) is 79.2 Å². The van der Waals surface area contributed by atoms with Gasteiger partial charge in [0.1, 0.15) is 18.3 Å². The Labute approximate surface area is 64.1 Å². The number of rotatable bonds is 2. The van der Waals surface area contributed by atoms with Crippen molar-refractivity contribution < 1.29 is 25.1 Å². The number of hydrogen-bond acceptors (Lipinski definition) is 5. The standard InChI is InChI=1S/C6H12O5/c1-3-6(11-9)5(8)4(2-7)10-3/h3-9H,2H2,1H3/t3-,4?,5-,6?/m1/s1. The third kappa shape index (κ3) is 1.52. The third-order valence-electron chi connectivity index (χ3n) is 1.87. The molecule has 0 amide bonds. The Morgan fingerprint density at radius 1 is 1.55 bits per heavy atom. The maximum Gasteiger partial charge on any atom is 0.147 e. The molecule has 1 aliphatic rings. The van der Waals surface area contributed by atoms with Crippen LogP contribution in [0.1, 0.15) is 6.92 Å². The van der Waals surface area contributed by atoms with Crippen LogP contribution in [0.2, 0.25) is 0 Å². The van der Waals surface area contributed by atoms with Crippen LogP contribution in [0.5, 0.6) is 0 Å². The Morgan fingerprint density at radius 3 is 2.45 bits per heavy atom. The predicted octanol–water partition coefficient (Wildman–Crippen LogP) is -1.01. The van der Waals surface area contributed by atoms with Crippen LogP contribution in [-0.2, 0) is 9.62 Å².